The quantitative estimate of drug-likeness (QED) is 0.762. The molecule has 0 atom stereocenters. The maximum atomic E-state index is 12.5. The van der Waals surface area contributed by atoms with E-state index in [2.05, 4.69) is 20.5 Å². The number of thioether (sulfide) groups is 1. The first-order valence-corrected chi connectivity index (χ1v) is 9.66. The third-order valence-electron chi connectivity index (χ3n) is 4.43. The molecule has 3 aromatic rings. The second kappa shape index (κ2) is 7.36. The highest BCUT2D eigenvalue weighted by Gasteiger charge is 2.17. The Hall–Kier alpha value is -2.93. The van der Waals surface area contributed by atoms with Crippen LogP contribution in [0.4, 0.5) is 0 Å². The van der Waals surface area contributed by atoms with Gasteiger partial charge in [0.25, 0.3) is 0 Å². The fraction of sp³-hybridized carbons (Fsp3) is 0.200. The molecule has 7 heteroatoms. The van der Waals surface area contributed by atoms with Gasteiger partial charge in [-0.15, -0.1) is 5.10 Å². The fourth-order valence-corrected chi connectivity index (χ4v) is 3.81. The van der Waals surface area contributed by atoms with Gasteiger partial charge in [-0.1, -0.05) is 48.2 Å². The van der Waals surface area contributed by atoms with Gasteiger partial charge in [0.05, 0.1) is 23.5 Å². The molecule has 0 fully saturated rings. The summed E-state index contributed by atoms with van der Waals surface area (Å²) in [7, 11) is 0. The summed E-state index contributed by atoms with van der Waals surface area (Å²) in [5, 5.41) is 11.8. The number of imidazole rings is 1. The van der Waals surface area contributed by atoms with Gasteiger partial charge in [-0.2, -0.15) is 5.10 Å². The molecule has 1 aliphatic rings. The van der Waals surface area contributed by atoms with Gasteiger partial charge in [0.15, 0.2) is 5.17 Å². The fourth-order valence-electron chi connectivity index (χ4n) is 3.03. The molecule has 136 valence electrons. The zero-order valence-corrected chi connectivity index (χ0v) is 16.0. The molecule has 0 spiro atoms. The van der Waals surface area contributed by atoms with Crippen LogP contribution in [0.5, 0.6) is 0 Å². The van der Waals surface area contributed by atoms with Crippen molar-refractivity contribution in [2.45, 2.75) is 20.3 Å². The van der Waals surface area contributed by atoms with Gasteiger partial charge >= 0.3 is 0 Å². The van der Waals surface area contributed by atoms with Gasteiger partial charge in [0, 0.05) is 11.9 Å². The van der Waals surface area contributed by atoms with Crippen LogP contribution in [-0.4, -0.2) is 31.9 Å². The minimum Gasteiger partial charge on any atom is -0.303 e. The lowest BCUT2D eigenvalue weighted by Gasteiger charge is -2.13. The van der Waals surface area contributed by atoms with Crippen LogP contribution >= 0.6 is 11.8 Å². The molecule has 0 radical (unpaired) electrons. The highest BCUT2D eigenvalue weighted by Crippen LogP contribution is 2.17. The Balaban J connectivity index is 1.48. The Morgan fingerprint density at radius 2 is 1.96 bits per heavy atom. The van der Waals surface area contributed by atoms with Crippen LogP contribution in [0.2, 0.25) is 0 Å². The van der Waals surface area contributed by atoms with Crippen LogP contribution < -0.4 is 5.32 Å². The summed E-state index contributed by atoms with van der Waals surface area (Å²) >= 11 is 1.48. The Labute approximate surface area is 161 Å². The highest BCUT2D eigenvalue weighted by molar-refractivity contribution is 8.14. The van der Waals surface area contributed by atoms with E-state index in [9.17, 15) is 4.79 Å². The third-order valence-corrected chi connectivity index (χ3v) is 5.31. The number of nitrogens with zero attached hydrogens (tertiary/aromatic N) is 4. The van der Waals surface area contributed by atoms with E-state index in [0.717, 1.165) is 33.9 Å². The number of amidine groups is 1. The average molecular weight is 377 g/mol. The molecule has 0 bridgehead atoms. The number of hydrogen-bond acceptors (Lipinski definition) is 5. The van der Waals surface area contributed by atoms with Crippen molar-refractivity contribution in [1.29, 1.82) is 0 Å². The number of carbonyl (C=O) groups excluding carboxylic acids is 1. The number of fused-ring (bicyclic) bond motifs is 1. The number of aromatic nitrogens is 2. The smallest absolute Gasteiger partial charge is 0.231 e. The maximum Gasteiger partial charge on any atom is 0.231 e. The van der Waals surface area contributed by atoms with E-state index in [4.69, 9.17) is 0 Å². The standard InChI is InChI=1S/C20H19N5OS/c1-13-7-6-10-25-17(14(2)21-19(13)25)11-18(26)22-20-24-23-16(12-27-20)15-8-4-3-5-9-15/h3-10H,11-12H2,1-2H3,(H,22,24,26). The number of pyridine rings is 1. The summed E-state index contributed by atoms with van der Waals surface area (Å²) in [6.45, 7) is 3.94. The van der Waals surface area contributed by atoms with Gasteiger partial charge in [0.1, 0.15) is 5.65 Å². The van der Waals surface area contributed by atoms with Crippen molar-refractivity contribution in [3.05, 3.63) is 71.2 Å². The first kappa shape index (κ1) is 17.5. The average Bonchev–Trinajstić information content (AvgIpc) is 3.00. The number of nitrogens with one attached hydrogen (secondary N) is 1. The van der Waals surface area contributed by atoms with Gasteiger partial charge < -0.3 is 9.72 Å². The lowest BCUT2D eigenvalue weighted by Crippen LogP contribution is -2.32. The molecule has 1 amide bonds. The number of aryl methyl sites for hydroxylation is 2. The van der Waals surface area contributed by atoms with E-state index >= 15 is 0 Å². The van der Waals surface area contributed by atoms with E-state index in [1.54, 1.807) is 0 Å². The van der Waals surface area contributed by atoms with Crippen molar-refractivity contribution in [3.8, 4) is 0 Å². The lowest BCUT2D eigenvalue weighted by molar-refractivity contribution is -0.119. The summed E-state index contributed by atoms with van der Waals surface area (Å²) in [5.41, 5.74) is 5.69. The van der Waals surface area contributed by atoms with Crippen molar-refractivity contribution < 1.29 is 4.79 Å². The van der Waals surface area contributed by atoms with Gasteiger partial charge in [-0.3, -0.25) is 4.79 Å². The number of rotatable bonds is 3. The normalized spacial score (nSPS) is 14.0. The topological polar surface area (TPSA) is 71.1 Å². The van der Waals surface area contributed by atoms with Crippen LogP contribution in [0, 0.1) is 13.8 Å². The van der Waals surface area contributed by atoms with Gasteiger partial charge in [-0.25, -0.2) is 4.98 Å². The van der Waals surface area contributed by atoms with E-state index in [-0.39, 0.29) is 12.3 Å². The van der Waals surface area contributed by atoms with E-state index in [1.165, 1.54) is 11.8 Å². The van der Waals surface area contributed by atoms with Crippen molar-refractivity contribution in [2.24, 2.45) is 10.2 Å². The Morgan fingerprint density at radius 3 is 2.70 bits per heavy atom. The van der Waals surface area contributed by atoms with E-state index in [0.29, 0.717) is 10.9 Å². The third kappa shape index (κ3) is 3.64. The molecular formula is C20H19N5OS. The Kier molecular flexibility index (Phi) is 4.77. The minimum atomic E-state index is -0.119. The molecule has 4 rings (SSSR count). The van der Waals surface area contributed by atoms with Crippen LogP contribution in [0.25, 0.3) is 5.65 Å². The molecule has 1 aliphatic heterocycles. The second-order valence-corrected chi connectivity index (χ2v) is 7.32. The van der Waals surface area contributed by atoms with Crippen molar-refractivity contribution in [1.82, 2.24) is 14.7 Å². The molecular weight excluding hydrogens is 358 g/mol. The van der Waals surface area contributed by atoms with Crippen LogP contribution in [0.3, 0.4) is 0 Å². The zero-order chi connectivity index (χ0) is 18.8. The Morgan fingerprint density at radius 1 is 1.15 bits per heavy atom. The molecule has 3 heterocycles. The van der Waals surface area contributed by atoms with Crippen molar-refractivity contribution in [3.63, 3.8) is 0 Å². The summed E-state index contributed by atoms with van der Waals surface area (Å²) in [6.07, 6.45) is 2.18. The molecule has 2 aromatic heterocycles. The predicted molar refractivity (Wildman–Crippen MR) is 109 cm³/mol. The van der Waals surface area contributed by atoms with Gasteiger partial charge in [-0.05, 0) is 31.0 Å². The van der Waals surface area contributed by atoms with Crippen LogP contribution in [-0.2, 0) is 11.2 Å². The van der Waals surface area contributed by atoms with E-state index < -0.39 is 0 Å². The maximum absolute atomic E-state index is 12.5. The molecule has 0 saturated carbocycles. The minimum absolute atomic E-state index is 0.119. The van der Waals surface area contributed by atoms with Crippen molar-refractivity contribution in [2.75, 3.05) is 5.75 Å². The molecule has 0 saturated heterocycles. The van der Waals surface area contributed by atoms with Crippen LogP contribution in [0.15, 0.2) is 58.9 Å². The molecule has 6 nitrogen and oxygen atoms in total. The molecule has 1 aromatic carbocycles. The zero-order valence-electron chi connectivity index (χ0n) is 15.1. The van der Waals surface area contributed by atoms with Crippen molar-refractivity contribution >= 4 is 34.2 Å². The number of amides is 1. The highest BCUT2D eigenvalue weighted by atomic mass is 32.2. The van der Waals surface area contributed by atoms with E-state index in [1.807, 2.05) is 66.9 Å². The largest absolute Gasteiger partial charge is 0.303 e. The van der Waals surface area contributed by atoms with Crippen LogP contribution in [0.1, 0.15) is 22.5 Å². The number of hydrogen-bond donors (Lipinski definition) is 1. The first-order valence-electron chi connectivity index (χ1n) is 8.67. The van der Waals surface area contributed by atoms with Gasteiger partial charge in [0.2, 0.25) is 5.91 Å². The Bertz CT molecular complexity index is 1070. The molecule has 0 unspecified atom stereocenters. The summed E-state index contributed by atoms with van der Waals surface area (Å²) in [4.78, 5) is 17.1. The summed E-state index contributed by atoms with van der Waals surface area (Å²) in [5.74, 6) is 0.558. The second-order valence-electron chi connectivity index (χ2n) is 6.36. The summed E-state index contributed by atoms with van der Waals surface area (Å²) < 4.78 is 1.98. The monoisotopic (exact) mass is 377 g/mol. The molecule has 0 aliphatic carbocycles. The number of benzene rings is 1. The molecule has 1 N–H and O–H groups in total. The first-order chi connectivity index (χ1) is 13.1. The molecule has 27 heavy (non-hydrogen) atoms. The predicted octanol–water partition coefficient (Wildman–Crippen LogP) is 3.12. The number of carbonyl (C=O) groups is 1. The summed E-state index contributed by atoms with van der Waals surface area (Å²) in [6, 6.07) is 13.9. The SMILES string of the molecule is Cc1nc2c(C)cccn2c1CC(=O)NC1=NN=C(c2ccccc2)CS1. The lowest BCUT2D eigenvalue weighted by atomic mass is 10.1.